The molecule has 5 heteroatoms. The number of benzene rings is 3. The van der Waals surface area contributed by atoms with Crippen LogP contribution < -0.4 is 9.80 Å². The summed E-state index contributed by atoms with van der Waals surface area (Å²) in [6.45, 7) is 5.71. The van der Waals surface area contributed by atoms with E-state index in [2.05, 4.69) is 99.2 Å². The molecule has 0 radical (unpaired) electrons. The Bertz CT molecular complexity index is 1170. The average Bonchev–Trinajstić information content (AvgIpc) is 3.13. The van der Waals surface area contributed by atoms with Crippen LogP contribution in [0.25, 0.3) is 11.1 Å². The SMILES string of the molecule is CCN(CC)C1(c2ccc(-c3ccccc3N(C)C)c(N(C)C)c2)OC(=O)c2ccccc21. The molecule has 0 bridgehead atoms. The van der Waals surface area contributed by atoms with E-state index in [1.807, 2.05) is 24.3 Å². The highest BCUT2D eigenvalue weighted by atomic mass is 16.6. The van der Waals surface area contributed by atoms with Crippen molar-refractivity contribution in [3.8, 4) is 11.1 Å². The van der Waals surface area contributed by atoms with Crippen molar-refractivity contribution in [2.75, 3.05) is 51.1 Å². The van der Waals surface area contributed by atoms with Crippen molar-refractivity contribution in [3.63, 3.8) is 0 Å². The fraction of sp³-hybridized carbons (Fsp3) is 0.321. The van der Waals surface area contributed by atoms with Gasteiger partial charge in [-0.05, 0) is 31.3 Å². The Morgan fingerprint density at radius 3 is 1.94 bits per heavy atom. The van der Waals surface area contributed by atoms with Gasteiger partial charge in [0.05, 0.1) is 5.56 Å². The maximum atomic E-state index is 13.0. The van der Waals surface area contributed by atoms with Gasteiger partial charge in [0.2, 0.25) is 5.72 Å². The number of carbonyl (C=O) groups excluding carboxylic acids is 1. The number of hydrogen-bond donors (Lipinski definition) is 0. The standard InChI is InChI=1S/C28H33N3O2/c1-7-31(8-2)28(24-15-11-9-14-23(24)27(32)33-28)20-17-18-22(26(19-20)30(5)6)21-13-10-12-16-25(21)29(3)4/h9-19H,7-8H2,1-6H3. The van der Waals surface area contributed by atoms with E-state index in [9.17, 15) is 4.79 Å². The first-order valence-corrected chi connectivity index (χ1v) is 11.5. The minimum absolute atomic E-state index is 0.272. The third kappa shape index (κ3) is 3.66. The molecule has 0 N–H and O–H groups in total. The van der Waals surface area contributed by atoms with Crippen molar-refractivity contribution in [2.45, 2.75) is 19.6 Å². The van der Waals surface area contributed by atoms with Gasteiger partial charge in [-0.1, -0.05) is 62.4 Å². The number of nitrogens with zero attached hydrogens (tertiary/aromatic N) is 3. The summed E-state index contributed by atoms with van der Waals surface area (Å²) in [5.74, 6) is -0.272. The normalized spacial score (nSPS) is 17.1. The van der Waals surface area contributed by atoms with E-state index in [4.69, 9.17) is 4.74 Å². The Balaban J connectivity index is 1.97. The molecular weight excluding hydrogens is 410 g/mol. The summed E-state index contributed by atoms with van der Waals surface area (Å²) >= 11 is 0. The van der Waals surface area contributed by atoms with Crippen LogP contribution in [0, 0.1) is 0 Å². The molecule has 0 saturated heterocycles. The van der Waals surface area contributed by atoms with Gasteiger partial charge in [0.1, 0.15) is 0 Å². The molecule has 0 amide bonds. The quantitative estimate of drug-likeness (QED) is 0.469. The summed E-state index contributed by atoms with van der Waals surface area (Å²) in [6.07, 6.45) is 0. The number of anilines is 2. The molecule has 0 aliphatic carbocycles. The molecular formula is C28H33N3O2. The maximum Gasteiger partial charge on any atom is 0.340 e. The lowest BCUT2D eigenvalue weighted by Gasteiger charge is -2.40. The van der Waals surface area contributed by atoms with E-state index in [1.54, 1.807) is 0 Å². The zero-order chi connectivity index (χ0) is 23.8. The molecule has 1 heterocycles. The summed E-state index contributed by atoms with van der Waals surface area (Å²) < 4.78 is 6.25. The molecule has 5 nitrogen and oxygen atoms in total. The van der Waals surface area contributed by atoms with Crippen LogP contribution in [-0.2, 0) is 10.5 Å². The summed E-state index contributed by atoms with van der Waals surface area (Å²) in [5, 5.41) is 0. The Kier molecular flexibility index (Phi) is 6.17. The first-order chi connectivity index (χ1) is 15.8. The van der Waals surface area contributed by atoms with E-state index >= 15 is 0 Å². The van der Waals surface area contributed by atoms with Crippen LogP contribution in [0.15, 0.2) is 66.7 Å². The molecule has 0 fully saturated rings. The van der Waals surface area contributed by atoms with Gasteiger partial charge in [-0.15, -0.1) is 0 Å². The van der Waals surface area contributed by atoms with Gasteiger partial charge in [-0.3, -0.25) is 4.90 Å². The smallest absolute Gasteiger partial charge is 0.340 e. The molecule has 172 valence electrons. The first-order valence-electron chi connectivity index (χ1n) is 11.5. The zero-order valence-electron chi connectivity index (χ0n) is 20.4. The maximum absolute atomic E-state index is 13.0. The molecule has 1 atom stereocenters. The number of esters is 1. The van der Waals surface area contributed by atoms with E-state index in [0.717, 1.165) is 41.2 Å². The molecule has 0 spiro atoms. The fourth-order valence-corrected chi connectivity index (χ4v) is 4.93. The van der Waals surface area contributed by atoms with Crippen molar-refractivity contribution >= 4 is 17.3 Å². The van der Waals surface area contributed by atoms with Gasteiger partial charge >= 0.3 is 5.97 Å². The lowest BCUT2D eigenvalue weighted by atomic mass is 9.88. The molecule has 4 rings (SSSR count). The second kappa shape index (κ2) is 8.91. The lowest BCUT2D eigenvalue weighted by Crippen LogP contribution is -2.47. The molecule has 33 heavy (non-hydrogen) atoms. The average molecular weight is 444 g/mol. The van der Waals surface area contributed by atoms with E-state index in [-0.39, 0.29) is 5.97 Å². The van der Waals surface area contributed by atoms with Crippen molar-refractivity contribution in [1.82, 2.24) is 4.90 Å². The summed E-state index contributed by atoms with van der Waals surface area (Å²) in [5.41, 5.74) is 6.10. The fourth-order valence-electron chi connectivity index (χ4n) is 4.93. The van der Waals surface area contributed by atoms with Crippen molar-refractivity contribution < 1.29 is 9.53 Å². The second-order valence-electron chi connectivity index (χ2n) is 8.79. The van der Waals surface area contributed by atoms with E-state index in [0.29, 0.717) is 5.56 Å². The van der Waals surface area contributed by atoms with Crippen LogP contribution in [0.3, 0.4) is 0 Å². The summed E-state index contributed by atoms with van der Waals surface area (Å²) in [7, 11) is 8.23. The molecule has 1 unspecified atom stereocenters. The minimum atomic E-state index is -0.943. The third-order valence-corrected chi connectivity index (χ3v) is 6.51. The van der Waals surface area contributed by atoms with E-state index < -0.39 is 5.72 Å². The summed E-state index contributed by atoms with van der Waals surface area (Å²) in [4.78, 5) is 19.4. The predicted molar refractivity (Wildman–Crippen MR) is 136 cm³/mol. The van der Waals surface area contributed by atoms with Gasteiger partial charge in [0.15, 0.2) is 0 Å². The molecule has 0 saturated carbocycles. The van der Waals surface area contributed by atoms with Crippen molar-refractivity contribution in [2.24, 2.45) is 0 Å². The number of cyclic esters (lactones) is 1. The lowest BCUT2D eigenvalue weighted by molar-refractivity contribution is -0.0810. The second-order valence-corrected chi connectivity index (χ2v) is 8.79. The van der Waals surface area contributed by atoms with Crippen LogP contribution in [0.1, 0.15) is 35.3 Å². The van der Waals surface area contributed by atoms with E-state index in [1.165, 1.54) is 5.56 Å². The van der Waals surface area contributed by atoms with Crippen LogP contribution in [0.5, 0.6) is 0 Å². The molecule has 1 aliphatic rings. The van der Waals surface area contributed by atoms with Crippen LogP contribution in [0.2, 0.25) is 0 Å². The van der Waals surface area contributed by atoms with Gasteiger partial charge in [-0.25, -0.2) is 4.79 Å². The number of carbonyl (C=O) groups is 1. The number of hydrogen-bond acceptors (Lipinski definition) is 5. The Morgan fingerprint density at radius 1 is 0.727 bits per heavy atom. The van der Waals surface area contributed by atoms with Crippen LogP contribution in [0.4, 0.5) is 11.4 Å². The van der Waals surface area contributed by atoms with Crippen molar-refractivity contribution in [1.29, 1.82) is 0 Å². The highest BCUT2D eigenvalue weighted by molar-refractivity contribution is 5.95. The Labute approximate surface area is 197 Å². The van der Waals surface area contributed by atoms with Gasteiger partial charge in [0.25, 0.3) is 0 Å². The highest BCUT2D eigenvalue weighted by Crippen LogP contribution is 2.47. The van der Waals surface area contributed by atoms with Crippen LogP contribution in [-0.4, -0.2) is 52.1 Å². The monoisotopic (exact) mass is 443 g/mol. The topological polar surface area (TPSA) is 36.0 Å². The molecule has 3 aromatic rings. The number of ether oxygens (including phenoxy) is 1. The first kappa shape index (κ1) is 22.9. The predicted octanol–water partition coefficient (Wildman–Crippen LogP) is 5.20. The third-order valence-electron chi connectivity index (χ3n) is 6.51. The van der Waals surface area contributed by atoms with Crippen molar-refractivity contribution in [3.05, 3.63) is 83.4 Å². The van der Waals surface area contributed by atoms with Gasteiger partial charge in [-0.2, -0.15) is 0 Å². The molecule has 3 aromatic carbocycles. The van der Waals surface area contributed by atoms with Crippen LogP contribution >= 0.6 is 0 Å². The minimum Gasteiger partial charge on any atom is -0.431 e. The highest BCUT2D eigenvalue weighted by Gasteiger charge is 2.50. The Hall–Kier alpha value is -3.31. The van der Waals surface area contributed by atoms with Gasteiger partial charge < -0.3 is 14.5 Å². The molecule has 1 aliphatic heterocycles. The summed E-state index contributed by atoms with van der Waals surface area (Å²) in [6, 6.07) is 22.6. The number of fused-ring (bicyclic) bond motifs is 1. The van der Waals surface area contributed by atoms with Gasteiger partial charge in [0, 0.05) is 61.8 Å². The zero-order valence-corrected chi connectivity index (χ0v) is 20.4. The number of para-hydroxylation sites is 1. The number of rotatable bonds is 7. The Morgan fingerprint density at radius 2 is 1.30 bits per heavy atom. The molecule has 0 aromatic heterocycles. The largest absolute Gasteiger partial charge is 0.431 e.